The summed E-state index contributed by atoms with van der Waals surface area (Å²) in [5.41, 5.74) is 0.962. The van der Waals surface area contributed by atoms with Gasteiger partial charge in [-0.3, -0.25) is 0 Å². The fourth-order valence-electron chi connectivity index (χ4n) is 0.653. The number of rotatable bonds is 3. The molecule has 0 heterocycles. The molecule has 2 nitrogen and oxygen atoms in total. The number of methoxy groups -OCH3 is 1. The molecule has 0 aliphatic rings. The predicted molar refractivity (Wildman–Crippen MR) is 40.8 cm³/mol. The number of benzene rings is 1. The van der Waals surface area contributed by atoms with Crippen LogP contribution in [0, 0.1) is 6.07 Å². The average molecular weight is 143 g/mol. The molecule has 1 aromatic carbocycles. The predicted octanol–water partition coefficient (Wildman–Crippen LogP) is -1.49. The Morgan fingerprint density at radius 1 is 1.55 bits per heavy atom. The molecule has 0 spiro atoms. The molecule has 11 heavy (non-hydrogen) atoms. The zero-order valence-corrected chi connectivity index (χ0v) is 6.92. The number of para-hydroxylation sites is 1. The summed E-state index contributed by atoms with van der Waals surface area (Å²) >= 11 is 0. The topological polar surface area (TPSA) is 21.3 Å². The van der Waals surface area contributed by atoms with Crippen LogP contribution < -0.4 is 24.2 Å². The van der Waals surface area contributed by atoms with Crippen LogP contribution in [0.25, 0.3) is 0 Å². The summed E-state index contributed by atoms with van der Waals surface area (Å²) in [7, 11) is 1.65. The summed E-state index contributed by atoms with van der Waals surface area (Å²) in [6.07, 6.45) is 0. The number of anilines is 1. The van der Waals surface area contributed by atoms with Crippen molar-refractivity contribution >= 4 is 5.69 Å². The van der Waals surface area contributed by atoms with Gasteiger partial charge < -0.3 is 10.1 Å². The third-order valence-electron chi connectivity index (χ3n) is 1.12. The minimum Gasteiger partial charge on any atom is -0.385 e. The van der Waals surface area contributed by atoms with Gasteiger partial charge in [0.25, 0.3) is 0 Å². The summed E-state index contributed by atoms with van der Waals surface area (Å²) in [4.78, 5) is 0. The van der Waals surface area contributed by atoms with E-state index in [1.54, 1.807) is 7.11 Å². The van der Waals surface area contributed by atoms with Crippen molar-refractivity contribution < 1.29 is 23.6 Å². The van der Waals surface area contributed by atoms with Crippen LogP contribution in [0.5, 0.6) is 0 Å². The molecule has 0 atom stereocenters. The molecule has 0 unspecified atom stereocenters. The summed E-state index contributed by atoms with van der Waals surface area (Å²) in [6, 6.07) is 10.7. The van der Waals surface area contributed by atoms with Crippen molar-refractivity contribution in [3.63, 3.8) is 0 Å². The minimum absolute atomic E-state index is 0. The van der Waals surface area contributed by atoms with E-state index in [-0.39, 0.29) is 18.9 Å². The van der Waals surface area contributed by atoms with Gasteiger partial charge in [0.05, 0.1) is 0 Å². The maximum Gasteiger partial charge on any atom is 1.00 e. The van der Waals surface area contributed by atoms with E-state index in [4.69, 9.17) is 4.74 Å². The second kappa shape index (κ2) is 6.30. The van der Waals surface area contributed by atoms with Gasteiger partial charge in [0.15, 0.2) is 0 Å². The molecular formula is C8H10LiNO. The Hall–Kier alpha value is -0.423. The third-order valence-corrected chi connectivity index (χ3v) is 1.12. The van der Waals surface area contributed by atoms with Crippen molar-refractivity contribution in [3.05, 3.63) is 30.3 Å². The molecule has 0 fully saturated rings. The van der Waals surface area contributed by atoms with Gasteiger partial charge in [0, 0.05) is 7.11 Å². The van der Waals surface area contributed by atoms with Crippen molar-refractivity contribution in [3.8, 4) is 0 Å². The van der Waals surface area contributed by atoms with Gasteiger partial charge in [-0.25, -0.2) is 0 Å². The molecular weight excluding hydrogens is 133 g/mol. The molecule has 0 radical (unpaired) electrons. The Morgan fingerprint density at radius 3 is 2.91 bits per heavy atom. The molecule has 0 saturated heterocycles. The van der Waals surface area contributed by atoms with Crippen molar-refractivity contribution in [1.82, 2.24) is 0 Å². The Balaban J connectivity index is 0.000001000. The summed E-state index contributed by atoms with van der Waals surface area (Å²) in [5.74, 6) is 0. The first-order valence-electron chi connectivity index (χ1n) is 3.13. The van der Waals surface area contributed by atoms with Crippen LogP contribution in [0.3, 0.4) is 0 Å². The molecule has 0 aliphatic heterocycles. The van der Waals surface area contributed by atoms with E-state index in [0.717, 1.165) is 5.69 Å². The summed E-state index contributed by atoms with van der Waals surface area (Å²) in [6.45, 7) is 0.528. The smallest absolute Gasteiger partial charge is 0.385 e. The van der Waals surface area contributed by atoms with Crippen molar-refractivity contribution in [1.29, 1.82) is 0 Å². The SMILES string of the molecule is COCNc1[c-]cccc1.[Li+]. The first-order valence-corrected chi connectivity index (χ1v) is 3.13. The minimum atomic E-state index is 0. The van der Waals surface area contributed by atoms with Gasteiger partial charge in [-0.15, -0.1) is 6.07 Å². The second-order valence-corrected chi connectivity index (χ2v) is 1.89. The maximum absolute atomic E-state index is 4.81. The van der Waals surface area contributed by atoms with Gasteiger partial charge in [0.1, 0.15) is 6.73 Å². The van der Waals surface area contributed by atoms with E-state index in [0.29, 0.717) is 6.73 Å². The first kappa shape index (κ1) is 10.6. The van der Waals surface area contributed by atoms with E-state index in [1.165, 1.54) is 0 Å². The van der Waals surface area contributed by atoms with E-state index in [1.807, 2.05) is 24.3 Å². The average Bonchev–Trinajstić information content (AvgIpc) is 2.03. The zero-order valence-electron chi connectivity index (χ0n) is 6.92. The van der Waals surface area contributed by atoms with E-state index in [9.17, 15) is 0 Å². The summed E-state index contributed by atoms with van der Waals surface area (Å²) in [5, 5.41) is 3.02. The molecule has 0 saturated carbocycles. The molecule has 54 valence electrons. The molecule has 0 aliphatic carbocycles. The van der Waals surface area contributed by atoms with Crippen molar-refractivity contribution in [2.24, 2.45) is 0 Å². The van der Waals surface area contributed by atoms with E-state index in [2.05, 4.69) is 11.4 Å². The Morgan fingerprint density at radius 2 is 2.36 bits per heavy atom. The quantitative estimate of drug-likeness (QED) is 0.316. The first-order chi connectivity index (χ1) is 4.93. The standard InChI is InChI=1S/C8H10NO.Li/c1-10-7-9-8-5-3-2-4-6-8;/h2-5,9H,7H2,1H3;/q-1;+1. The zero-order chi connectivity index (χ0) is 7.23. The van der Waals surface area contributed by atoms with Crippen LogP contribution >= 0.6 is 0 Å². The van der Waals surface area contributed by atoms with Crippen molar-refractivity contribution in [2.45, 2.75) is 0 Å². The molecule has 0 amide bonds. The third kappa shape index (κ3) is 4.10. The van der Waals surface area contributed by atoms with Crippen LogP contribution in [0.4, 0.5) is 5.69 Å². The fourth-order valence-corrected chi connectivity index (χ4v) is 0.653. The number of nitrogens with one attached hydrogen (secondary N) is 1. The van der Waals surface area contributed by atoms with Crippen LogP contribution in [0.1, 0.15) is 0 Å². The van der Waals surface area contributed by atoms with Crippen LogP contribution in [0.15, 0.2) is 24.3 Å². The Labute approximate surface area is 79.1 Å². The number of hydrogen-bond acceptors (Lipinski definition) is 2. The summed E-state index contributed by atoms with van der Waals surface area (Å²) < 4.78 is 4.81. The Bertz CT molecular complexity index is 179. The Kier molecular flexibility index (Phi) is 6.06. The fraction of sp³-hybridized carbons (Fsp3) is 0.250. The molecule has 3 heteroatoms. The van der Waals surface area contributed by atoms with E-state index < -0.39 is 0 Å². The van der Waals surface area contributed by atoms with Gasteiger partial charge in [-0.05, 0) is 0 Å². The van der Waals surface area contributed by atoms with Gasteiger partial charge in [-0.1, -0.05) is 5.69 Å². The number of hydrogen-bond donors (Lipinski definition) is 1. The van der Waals surface area contributed by atoms with Crippen molar-refractivity contribution in [2.75, 3.05) is 19.2 Å². The normalized spacial score (nSPS) is 8.45. The molecule has 1 N–H and O–H groups in total. The van der Waals surface area contributed by atoms with Crippen LogP contribution in [-0.4, -0.2) is 13.8 Å². The molecule has 0 aromatic heterocycles. The van der Waals surface area contributed by atoms with Gasteiger partial charge in [0.2, 0.25) is 0 Å². The van der Waals surface area contributed by atoms with Crippen LogP contribution in [-0.2, 0) is 4.74 Å². The number of ether oxygens (including phenoxy) is 1. The largest absolute Gasteiger partial charge is 1.00 e. The monoisotopic (exact) mass is 143 g/mol. The maximum atomic E-state index is 4.81. The van der Waals surface area contributed by atoms with Gasteiger partial charge >= 0.3 is 18.9 Å². The molecule has 1 aromatic rings. The molecule has 0 bridgehead atoms. The van der Waals surface area contributed by atoms with E-state index >= 15 is 0 Å². The van der Waals surface area contributed by atoms with Crippen LogP contribution in [0.2, 0.25) is 0 Å². The second-order valence-electron chi connectivity index (χ2n) is 1.89. The van der Waals surface area contributed by atoms with Gasteiger partial charge in [-0.2, -0.15) is 24.3 Å². The molecule has 1 rings (SSSR count).